The molecule has 0 saturated heterocycles. The highest BCUT2D eigenvalue weighted by Gasteiger charge is 2.33. The van der Waals surface area contributed by atoms with Crippen LogP contribution in [0.15, 0.2) is 35.4 Å². The molecule has 2 saturated carbocycles. The van der Waals surface area contributed by atoms with Gasteiger partial charge in [-0.05, 0) is 58.6 Å². The largest absolute Gasteiger partial charge is 0.443 e. The molecule has 2 amide bonds. The second kappa shape index (κ2) is 9.95. The van der Waals surface area contributed by atoms with Crippen molar-refractivity contribution < 1.29 is 23.8 Å². The van der Waals surface area contributed by atoms with Gasteiger partial charge in [-0.2, -0.15) is 9.61 Å². The number of aliphatic hydroxyl groups excluding tert-OH is 1. The highest BCUT2D eigenvalue weighted by molar-refractivity contribution is 6.00. The molecule has 5 rings (SSSR count). The third-order valence-corrected chi connectivity index (χ3v) is 6.95. The monoisotopic (exact) mass is 541 g/mol. The minimum absolute atomic E-state index is 0.130. The molecule has 0 bridgehead atoms. The van der Waals surface area contributed by atoms with Crippen LogP contribution in [0.5, 0.6) is 0 Å². The summed E-state index contributed by atoms with van der Waals surface area (Å²) < 4.78 is 21.8. The van der Waals surface area contributed by atoms with Gasteiger partial charge in [0.25, 0.3) is 11.5 Å². The first-order valence-electron chi connectivity index (χ1n) is 12.9. The number of nitrogens with one attached hydrogen (secondary N) is 2. The topological polar surface area (TPSA) is 143 Å². The van der Waals surface area contributed by atoms with E-state index in [0.717, 1.165) is 0 Å². The van der Waals surface area contributed by atoms with E-state index in [1.807, 2.05) is 0 Å². The van der Waals surface area contributed by atoms with Crippen molar-refractivity contribution >= 4 is 35.0 Å². The van der Waals surface area contributed by atoms with Gasteiger partial charge >= 0.3 is 6.09 Å². The van der Waals surface area contributed by atoms with Gasteiger partial charge in [0, 0.05) is 25.4 Å². The van der Waals surface area contributed by atoms with Crippen molar-refractivity contribution in [3.63, 3.8) is 0 Å². The van der Waals surface area contributed by atoms with Crippen LogP contribution in [0.4, 0.5) is 26.5 Å². The lowest BCUT2D eigenvalue weighted by Crippen LogP contribution is -2.50. The predicted octanol–water partition coefficient (Wildman–Crippen LogP) is 2.93. The molecule has 3 aromatic rings. The van der Waals surface area contributed by atoms with Crippen LogP contribution in [0, 0.1) is 0 Å². The van der Waals surface area contributed by atoms with Gasteiger partial charge in [-0.25, -0.2) is 14.2 Å². The third-order valence-electron chi connectivity index (χ3n) is 6.95. The van der Waals surface area contributed by atoms with E-state index >= 15 is 0 Å². The van der Waals surface area contributed by atoms with Gasteiger partial charge in [0.2, 0.25) is 0 Å². The number of alkyl halides is 1. The number of amides is 2. The maximum atomic E-state index is 13.4. The van der Waals surface area contributed by atoms with Crippen molar-refractivity contribution in [2.75, 3.05) is 17.3 Å². The number of nitrogens with zero attached hydrogens (tertiary/aromatic N) is 5. The van der Waals surface area contributed by atoms with Gasteiger partial charge in [0.15, 0.2) is 5.65 Å². The van der Waals surface area contributed by atoms with Gasteiger partial charge < -0.3 is 25.0 Å². The molecule has 0 aliphatic heterocycles. The molecule has 208 valence electrons. The van der Waals surface area contributed by atoms with E-state index in [9.17, 15) is 23.9 Å². The number of pyridine rings is 1. The summed E-state index contributed by atoms with van der Waals surface area (Å²) in [5.74, 6) is -0.0648. The molecule has 3 N–H and O–H groups in total. The minimum atomic E-state index is -0.916. The molecule has 2 fully saturated rings. The maximum Gasteiger partial charge on any atom is 0.415 e. The van der Waals surface area contributed by atoms with Crippen molar-refractivity contribution in [3.8, 4) is 0 Å². The highest BCUT2D eigenvalue weighted by atomic mass is 19.1. The molecular weight excluding hydrogens is 509 g/mol. The number of hydrogen-bond donors (Lipinski definition) is 3. The first-order chi connectivity index (χ1) is 18.4. The van der Waals surface area contributed by atoms with E-state index in [1.54, 1.807) is 39.1 Å². The van der Waals surface area contributed by atoms with E-state index < -0.39 is 29.9 Å². The van der Waals surface area contributed by atoms with E-state index in [1.165, 1.54) is 33.3 Å². The summed E-state index contributed by atoms with van der Waals surface area (Å²) in [7, 11) is 1.50. The van der Waals surface area contributed by atoms with E-state index in [4.69, 9.17) is 4.74 Å². The lowest BCUT2D eigenvalue weighted by molar-refractivity contribution is 0.0448. The summed E-state index contributed by atoms with van der Waals surface area (Å²) in [6, 6.07) is 4.19. The quantitative estimate of drug-likeness (QED) is 0.432. The zero-order chi connectivity index (χ0) is 28.1. The molecule has 2 aliphatic rings. The number of anilines is 3. The summed E-state index contributed by atoms with van der Waals surface area (Å²) in [5, 5.41) is 20.0. The molecule has 3 heterocycles. The van der Waals surface area contributed by atoms with Crippen LogP contribution in [-0.2, 0) is 4.74 Å². The van der Waals surface area contributed by atoms with Gasteiger partial charge in [0.1, 0.15) is 34.7 Å². The Labute approximate surface area is 223 Å². The molecule has 39 heavy (non-hydrogen) atoms. The van der Waals surface area contributed by atoms with E-state index in [2.05, 4.69) is 20.7 Å². The number of aromatic nitrogens is 4. The summed E-state index contributed by atoms with van der Waals surface area (Å²) in [6.45, 7) is 5.23. The van der Waals surface area contributed by atoms with Crippen molar-refractivity contribution in [1.29, 1.82) is 0 Å². The Bertz CT molecular complexity index is 1470. The van der Waals surface area contributed by atoms with Crippen LogP contribution in [0.1, 0.15) is 62.9 Å². The molecule has 0 spiro atoms. The zero-order valence-electron chi connectivity index (χ0n) is 22.2. The number of hydrogen-bond acceptors (Lipinski definition) is 8. The first kappa shape index (κ1) is 26.6. The Balaban J connectivity index is 1.53. The molecule has 2 aliphatic carbocycles. The number of carbonyl (C=O) groups excluding carboxylic acids is 2. The summed E-state index contributed by atoms with van der Waals surface area (Å²) in [4.78, 5) is 44.9. The van der Waals surface area contributed by atoms with Crippen LogP contribution in [0.25, 0.3) is 5.65 Å². The first-order valence-corrected chi connectivity index (χ1v) is 12.9. The Hall–Kier alpha value is -4.00. The molecule has 13 heteroatoms. The Kier molecular flexibility index (Phi) is 6.79. The molecule has 1 unspecified atom stereocenters. The average Bonchev–Trinajstić information content (AvgIpc) is 3.28. The third kappa shape index (κ3) is 5.31. The van der Waals surface area contributed by atoms with Gasteiger partial charge in [0.05, 0.1) is 18.3 Å². The molecular formula is C26H32FN7O5. The molecule has 3 aromatic heterocycles. The van der Waals surface area contributed by atoms with E-state index in [-0.39, 0.29) is 59.0 Å². The minimum Gasteiger partial charge on any atom is -0.443 e. The summed E-state index contributed by atoms with van der Waals surface area (Å²) >= 11 is 0. The fourth-order valence-corrected chi connectivity index (χ4v) is 4.51. The fraction of sp³-hybridized carbons (Fsp3) is 0.500. The normalized spacial score (nSPS) is 22.5. The number of fused-ring (bicyclic) bond motifs is 1. The molecule has 0 aromatic carbocycles. The van der Waals surface area contributed by atoms with Gasteiger partial charge in [-0.3, -0.25) is 14.5 Å². The van der Waals surface area contributed by atoms with Gasteiger partial charge in [-0.15, -0.1) is 0 Å². The highest BCUT2D eigenvalue weighted by Crippen LogP contribution is 2.34. The average molecular weight is 542 g/mol. The van der Waals surface area contributed by atoms with Gasteiger partial charge in [-0.1, -0.05) is 0 Å². The fourth-order valence-electron chi connectivity index (χ4n) is 4.51. The number of rotatable bonds is 6. The smallest absolute Gasteiger partial charge is 0.415 e. The second-order valence-electron chi connectivity index (χ2n) is 11.0. The van der Waals surface area contributed by atoms with E-state index in [0.29, 0.717) is 12.8 Å². The Morgan fingerprint density at radius 2 is 2.00 bits per heavy atom. The second-order valence-corrected chi connectivity index (χ2v) is 11.0. The van der Waals surface area contributed by atoms with Crippen molar-refractivity contribution in [3.05, 3.63) is 46.5 Å². The molecule has 2 atom stereocenters. The number of ether oxygens (including phenoxy) is 1. The standard InChI is InChI=1S/C26H32FN7O5/c1-26(2,3)39-25(38)32(4)21-12-20(29-18-6-5-9-33(24(18)37)15-10-14(27)11-15)31-22-16(13-28-34(21)22)23(36)30-17-7-8-19(17)35/h5-6,9,12-15,17,19,35H,7-8,10-11H2,1-4H3,(H,29,31)(H,30,36)/t14-,15-,17?,19-/m1/s1. The lowest BCUT2D eigenvalue weighted by atomic mass is 9.89. The summed E-state index contributed by atoms with van der Waals surface area (Å²) in [5.41, 5.74) is -0.640. The Morgan fingerprint density at radius 1 is 1.26 bits per heavy atom. The van der Waals surface area contributed by atoms with Crippen molar-refractivity contribution in [1.82, 2.24) is 24.5 Å². The van der Waals surface area contributed by atoms with Crippen LogP contribution in [-0.4, -0.2) is 67.2 Å². The van der Waals surface area contributed by atoms with Crippen LogP contribution >= 0.6 is 0 Å². The SMILES string of the molecule is CN(C(=O)OC(C)(C)C)c1cc(Nc2cccn([C@H]3C[C@H](F)C3)c2=O)nc2c(C(=O)NC3CC[C@H]3O)cnn12. The predicted molar refractivity (Wildman–Crippen MR) is 141 cm³/mol. The van der Waals surface area contributed by atoms with Crippen LogP contribution in [0.3, 0.4) is 0 Å². The van der Waals surface area contributed by atoms with Crippen LogP contribution < -0.4 is 21.1 Å². The number of carbonyl (C=O) groups is 2. The number of aliphatic hydroxyl groups is 1. The zero-order valence-corrected chi connectivity index (χ0v) is 22.2. The molecule has 12 nitrogen and oxygen atoms in total. The molecule has 0 radical (unpaired) electrons. The maximum absolute atomic E-state index is 13.4. The summed E-state index contributed by atoms with van der Waals surface area (Å²) in [6.07, 6.45) is 2.59. The van der Waals surface area contributed by atoms with Crippen molar-refractivity contribution in [2.24, 2.45) is 0 Å². The van der Waals surface area contributed by atoms with Crippen molar-refractivity contribution in [2.45, 2.75) is 76.4 Å². The lowest BCUT2D eigenvalue weighted by Gasteiger charge is -2.32. The number of halogens is 1. The van der Waals surface area contributed by atoms with Crippen LogP contribution in [0.2, 0.25) is 0 Å². The Morgan fingerprint density at radius 3 is 2.62 bits per heavy atom.